The summed E-state index contributed by atoms with van der Waals surface area (Å²) in [6, 6.07) is 4.83. The molecule has 0 aliphatic rings. The predicted molar refractivity (Wildman–Crippen MR) is 101 cm³/mol. The van der Waals surface area contributed by atoms with Crippen molar-refractivity contribution in [1.29, 1.82) is 0 Å². The second-order valence-electron chi connectivity index (χ2n) is 5.77. The Morgan fingerprint density at radius 1 is 1.33 bits per heavy atom. The van der Waals surface area contributed by atoms with E-state index >= 15 is 0 Å². The lowest BCUT2D eigenvalue weighted by Gasteiger charge is -2.09. The Bertz CT molecular complexity index is 1100. The number of rotatable bonds is 8. The fraction of sp³-hybridized carbons (Fsp3) is 0.188. The van der Waals surface area contributed by atoms with Gasteiger partial charge in [-0.2, -0.15) is 9.78 Å². The van der Waals surface area contributed by atoms with Gasteiger partial charge < -0.3 is 20.9 Å². The maximum absolute atomic E-state index is 12.5. The zero-order valence-electron chi connectivity index (χ0n) is 15.9. The van der Waals surface area contributed by atoms with Gasteiger partial charge in [0.25, 0.3) is 11.8 Å². The van der Waals surface area contributed by atoms with Gasteiger partial charge >= 0.3 is 0 Å². The smallest absolute Gasteiger partial charge is 0.292 e. The molecule has 0 atom stereocenters. The maximum atomic E-state index is 12.5. The van der Waals surface area contributed by atoms with Crippen LogP contribution in [-0.2, 0) is 4.79 Å². The second-order valence-corrected chi connectivity index (χ2v) is 5.77. The molecule has 14 nitrogen and oxygen atoms in total. The molecule has 0 radical (unpaired) electrons. The maximum Gasteiger partial charge on any atom is 0.292 e. The van der Waals surface area contributed by atoms with Crippen LogP contribution in [-0.4, -0.2) is 57.1 Å². The first-order valence-electron chi connectivity index (χ1n) is 8.34. The van der Waals surface area contributed by atoms with Crippen LogP contribution in [0.2, 0.25) is 0 Å². The lowest BCUT2D eigenvalue weighted by Crippen LogP contribution is -2.22. The average Bonchev–Trinajstić information content (AvgIpc) is 3.31. The van der Waals surface area contributed by atoms with E-state index in [1.807, 2.05) is 0 Å². The molecule has 156 valence electrons. The number of nitrogens with two attached hydrogens (primary N) is 2. The fourth-order valence-corrected chi connectivity index (χ4v) is 2.35. The van der Waals surface area contributed by atoms with E-state index in [2.05, 4.69) is 35.8 Å². The van der Waals surface area contributed by atoms with E-state index in [9.17, 15) is 9.59 Å². The summed E-state index contributed by atoms with van der Waals surface area (Å²) >= 11 is 0. The van der Waals surface area contributed by atoms with E-state index in [0.717, 1.165) is 4.68 Å². The van der Waals surface area contributed by atoms with Gasteiger partial charge in [-0.1, -0.05) is 5.21 Å². The van der Waals surface area contributed by atoms with Gasteiger partial charge in [-0.15, -0.1) is 5.10 Å². The predicted octanol–water partition coefficient (Wildman–Crippen LogP) is -0.822. The number of carbonyl (C=O) groups is 2. The summed E-state index contributed by atoms with van der Waals surface area (Å²) in [7, 11) is 1.44. The number of hydrazone groups is 1. The van der Waals surface area contributed by atoms with E-state index in [0.29, 0.717) is 22.8 Å². The molecule has 14 heteroatoms. The molecule has 2 aromatic heterocycles. The van der Waals surface area contributed by atoms with Crippen LogP contribution in [0, 0.1) is 6.92 Å². The summed E-state index contributed by atoms with van der Waals surface area (Å²) in [5.41, 5.74) is 14.0. The van der Waals surface area contributed by atoms with Crippen LogP contribution in [0.15, 0.2) is 27.9 Å². The van der Waals surface area contributed by atoms with Crippen molar-refractivity contribution in [3.8, 4) is 17.3 Å². The number of benzene rings is 1. The van der Waals surface area contributed by atoms with Crippen LogP contribution < -0.4 is 26.4 Å². The van der Waals surface area contributed by atoms with Gasteiger partial charge in [0, 0.05) is 0 Å². The number of nitrogen functional groups attached to an aromatic ring is 1. The second kappa shape index (κ2) is 8.68. The minimum absolute atomic E-state index is 0.0287. The normalized spacial score (nSPS) is 10.9. The number of aromatic nitrogens is 5. The van der Waals surface area contributed by atoms with E-state index in [1.54, 1.807) is 25.1 Å². The monoisotopic (exact) mass is 415 g/mol. The van der Waals surface area contributed by atoms with Crippen LogP contribution in [0.25, 0.3) is 5.82 Å². The number of carbonyl (C=O) groups excluding carboxylic acids is 2. The molecule has 0 unspecified atom stereocenters. The van der Waals surface area contributed by atoms with Gasteiger partial charge in [-0.05, 0) is 41.0 Å². The van der Waals surface area contributed by atoms with Crippen molar-refractivity contribution >= 4 is 23.8 Å². The van der Waals surface area contributed by atoms with Gasteiger partial charge in [-0.3, -0.25) is 9.59 Å². The highest BCUT2D eigenvalue weighted by Gasteiger charge is 2.22. The zero-order chi connectivity index (χ0) is 21.7. The van der Waals surface area contributed by atoms with Crippen LogP contribution in [0.4, 0.5) is 5.82 Å². The Balaban J connectivity index is 1.73. The van der Waals surface area contributed by atoms with Crippen molar-refractivity contribution in [3.63, 3.8) is 0 Å². The molecule has 2 amide bonds. The van der Waals surface area contributed by atoms with E-state index in [1.165, 1.54) is 13.3 Å². The molecule has 30 heavy (non-hydrogen) atoms. The molecule has 0 aliphatic carbocycles. The summed E-state index contributed by atoms with van der Waals surface area (Å²) < 4.78 is 16.1. The third-order valence-electron chi connectivity index (χ3n) is 3.69. The Morgan fingerprint density at radius 3 is 2.80 bits per heavy atom. The van der Waals surface area contributed by atoms with Gasteiger partial charge in [-0.25, -0.2) is 10.1 Å². The van der Waals surface area contributed by atoms with Gasteiger partial charge in [0.2, 0.25) is 11.6 Å². The SMILES string of the molecule is COc1cc(/C=N/NC(=O)c2c(C)nnn2-c2nonc2N)ccc1OCC(N)=O. The number of anilines is 1. The number of primary amides is 1. The standard InChI is InChI=1S/C16H17N9O5/c1-8-13(25(24-20-8)15-14(18)22-30-23-15)16(27)21-19-6-9-3-4-10(11(5-9)28-2)29-7-12(17)26/h3-6H,7H2,1-2H3,(H2,17,26)(H2,18,22)(H,21,27)/b19-6+. The topological polar surface area (TPSA) is 199 Å². The lowest BCUT2D eigenvalue weighted by atomic mass is 10.2. The van der Waals surface area contributed by atoms with Crippen LogP contribution in [0.5, 0.6) is 11.5 Å². The van der Waals surface area contributed by atoms with Crippen molar-refractivity contribution < 1.29 is 23.7 Å². The highest BCUT2D eigenvalue weighted by Crippen LogP contribution is 2.27. The zero-order valence-corrected chi connectivity index (χ0v) is 15.9. The number of hydrogen-bond acceptors (Lipinski definition) is 11. The van der Waals surface area contributed by atoms with Crippen LogP contribution in [0.3, 0.4) is 0 Å². The highest BCUT2D eigenvalue weighted by atomic mass is 16.6. The molecule has 0 fully saturated rings. The molecule has 3 rings (SSSR count). The first-order valence-corrected chi connectivity index (χ1v) is 8.34. The Kier molecular flexibility index (Phi) is 5.86. The number of amides is 2. The number of aryl methyl sites for hydroxylation is 1. The Hall–Kier alpha value is -4.49. The molecule has 5 N–H and O–H groups in total. The molecule has 0 aliphatic heterocycles. The average molecular weight is 415 g/mol. The Labute approximate surface area is 168 Å². The minimum atomic E-state index is -0.613. The Morgan fingerprint density at radius 2 is 2.13 bits per heavy atom. The summed E-state index contributed by atoms with van der Waals surface area (Å²) in [4.78, 5) is 23.4. The number of nitrogens with zero attached hydrogens (tertiary/aromatic N) is 6. The largest absolute Gasteiger partial charge is 0.493 e. The minimum Gasteiger partial charge on any atom is -0.493 e. The number of hydrogen-bond donors (Lipinski definition) is 3. The molecule has 1 aromatic carbocycles. The van der Waals surface area contributed by atoms with Gasteiger partial charge in [0.15, 0.2) is 23.8 Å². The first-order chi connectivity index (χ1) is 14.4. The van der Waals surface area contributed by atoms with Crippen molar-refractivity contribution in [2.45, 2.75) is 6.92 Å². The molecule has 0 saturated carbocycles. The number of ether oxygens (including phenoxy) is 2. The third kappa shape index (κ3) is 4.32. The molecule has 0 saturated heterocycles. The molecule has 0 spiro atoms. The molecule has 3 aromatic rings. The lowest BCUT2D eigenvalue weighted by molar-refractivity contribution is -0.119. The van der Waals surface area contributed by atoms with Crippen molar-refractivity contribution in [1.82, 2.24) is 30.7 Å². The first kappa shape index (κ1) is 20.2. The van der Waals surface area contributed by atoms with Gasteiger partial charge in [0.05, 0.1) is 19.0 Å². The van der Waals surface area contributed by atoms with E-state index < -0.39 is 11.8 Å². The summed E-state index contributed by atoms with van der Waals surface area (Å²) in [6.07, 6.45) is 1.38. The molecular formula is C16H17N9O5. The fourth-order valence-electron chi connectivity index (χ4n) is 2.35. The molecule has 0 bridgehead atoms. The van der Waals surface area contributed by atoms with E-state index in [-0.39, 0.29) is 23.9 Å². The molecular weight excluding hydrogens is 398 g/mol. The van der Waals surface area contributed by atoms with Crippen molar-refractivity contribution in [2.24, 2.45) is 10.8 Å². The summed E-state index contributed by atoms with van der Waals surface area (Å²) in [5.74, 6) is -0.549. The quantitative estimate of drug-likeness (QED) is 0.308. The third-order valence-corrected chi connectivity index (χ3v) is 3.69. The van der Waals surface area contributed by atoms with Crippen molar-refractivity contribution in [3.05, 3.63) is 35.2 Å². The van der Waals surface area contributed by atoms with E-state index in [4.69, 9.17) is 20.9 Å². The highest BCUT2D eigenvalue weighted by molar-refractivity contribution is 5.94. The van der Waals surface area contributed by atoms with Crippen LogP contribution >= 0.6 is 0 Å². The summed E-state index contributed by atoms with van der Waals surface area (Å²) in [5, 5.41) is 18.6. The number of methoxy groups -OCH3 is 1. The summed E-state index contributed by atoms with van der Waals surface area (Å²) in [6.45, 7) is 1.30. The van der Waals surface area contributed by atoms with Crippen LogP contribution in [0.1, 0.15) is 21.7 Å². The molecule has 2 heterocycles. The number of nitrogens with one attached hydrogen (secondary N) is 1. The van der Waals surface area contributed by atoms with Crippen molar-refractivity contribution in [2.75, 3.05) is 19.5 Å². The van der Waals surface area contributed by atoms with Gasteiger partial charge in [0.1, 0.15) is 0 Å².